The predicted molar refractivity (Wildman–Crippen MR) is 75.4 cm³/mol. The number of thiophene rings is 1. The van der Waals surface area contributed by atoms with E-state index in [2.05, 4.69) is 47.8 Å². The van der Waals surface area contributed by atoms with Gasteiger partial charge in [0.05, 0.1) is 0 Å². The van der Waals surface area contributed by atoms with Gasteiger partial charge in [-0.25, -0.2) is 0 Å². The molecule has 0 bridgehead atoms. The van der Waals surface area contributed by atoms with Gasteiger partial charge in [-0.05, 0) is 41.7 Å². The molecule has 1 N–H and O–H groups in total. The van der Waals surface area contributed by atoms with Gasteiger partial charge in [0.15, 0.2) is 0 Å². The van der Waals surface area contributed by atoms with Crippen LogP contribution in [-0.2, 0) is 6.54 Å². The summed E-state index contributed by atoms with van der Waals surface area (Å²) in [4.78, 5) is 2.62. The highest BCUT2D eigenvalue weighted by molar-refractivity contribution is 7.07. The van der Waals surface area contributed by atoms with Gasteiger partial charge in [-0.15, -0.1) is 0 Å². The minimum atomic E-state index is 0.651. The summed E-state index contributed by atoms with van der Waals surface area (Å²) in [7, 11) is 0. The Morgan fingerprint density at radius 2 is 2.35 bits per heavy atom. The Morgan fingerprint density at radius 1 is 1.53 bits per heavy atom. The third-order valence-corrected chi connectivity index (χ3v) is 4.23. The Kier molecular flexibility index (Phi) is 4.60. The van der Waals surface area contributed by atoms with Gasteiger partial charge in [0.2, 0.25) is 0 Å². The quantitative estimate of drug-likeness (QED) is 0.886. The van der Waals surface area contributed by atoms with E-state index in [1.54, 1.807) is 11.3 Å². The van der Waals surface area contributed by atoms with Crippen molar-refractivity contribution in [3.8, 4) is 0 Å². The maximum atomic E-state index is 3.67. The second-order valence-electron chi connectivity index (χ2n) is 5.64. The fraction of sp³-hybridized carbons (Fsp3) is 0.714. The standard InChI is InChI=1S/C14H24N2S/c1-11(2)6-14-9-16(12(3)7-15-14)8-13-4-5-17-10-13/h4-5,10-12,14-15H,6-9H2,1-3H3. The molecule has 1 aromatic rings. The maximum Gasteiger partial charge on any atom is 0.0246 e. The van der Waals surface area contributed by atoms with Crippen LogP contribution in [-0.4, -0.2) is 30.1 Å². The van der Waals surface area contributed by atoms with Gasteiger partial charge in [0.25, 0.3) is 0 Å². The fourth-order valence-electron chi connectivity index (χ4n) is 2.56. The van der Waals surface area contributed by atoms with E-state index in [4.69, 9.17) is 0 Å². The Morgan fingerprint density at radius 3 is 3.00 bits per heavy atom. The summed E-state index contributed by atoms with van der Waals surface area (Å²) >= 11 is 1.80. The molecule has 1 fully saturated rings. The van der Waals surface area contributed by atoms with E-state index in [0.29, 0.717) is 12.1 Å². The molecule has 0 aromatic carbocycles. The molecule has 2 atom stereocenters. The minimum Gasteiger partial charge on any atom is -0.311 e. The molecular formula is C14H24N2S. The van der Waals surface area contributed by atoms with E-state index < -0.39 is 0 Å². The lowest BCUT2D eigenvalue weighted by Crippen LogP contribution is -2.55. The van der Waals surface area contributed by atoms with Crippen LogP contribution in [0.5, 0.6) is 0 Å². The molecule has 1 aliphatic rings. The van der Waals surface area contributed by atoms with Crippen LogP contribution in [0.2, 0.25) is 0 Å². The number of hydrogen-bond donors (Lipinski definition) is 1. The van der Waals surface area contributed by atoms with Gasteiger partial charge in [-0.3, -0.25) is 4.90 Å². The van der Waals surface area contributed by atoms with Gasteiger partial charge >= 0.3 is 0 Å². The lowest BCUT2D eigenvalue weighted by molar-refractivity contribution is 0.125. The minimum absolute atomic E-state index is 0.651. The number of nitrogens with zero attached hydrogens (tertiary/aromatic N) is 1. The van der Waals surface area contributed by atoms with Gasteiger partial charge < -0.3 is 5.32 Å². The van der Waals surface area contributed by atoms with Crippen molar-refractivity contribution in [2.75, 3.05) is 13.1 Å². The molecule has 1 aromatic heterocycles. The van der Waals surface area contributed by atoms with Crippen LogP contribution < -0.4 is 5.32 Å². The third kappa shape index (κ3) is 3.80. The molecule has 1 aliphatic heterocycles. The Bertz CT molecular complexity index is 321. The molecule has 2 heterocycles. The number of hydrogen-bond acceptors (Lipinski definition) is 3. The van der Waals surface area contributed by atoms with E-state index in [9.17, 15) is 0 Å². The molecule has 3 heteroatoms. The topological polar surface area (TPSA) is 15.3 Å². The predicted octanol–water partition coefficient (Wildman–Crippen LogP) is 2.96. The van der Waals surface area contributed by atoms with Crippen LogP contribution >= 0.6 is 11.3 Å². The zero-order valence-corrected chi connectivity index (χ0v) is 12.0. The van der Waals surface area contributed by atoms with Crippen LogP contribution in [0.15, 0.2) is 16.8 Å². The SMILES string of the molecule is CC(C)CC1CN(Cc2ccsc2)C(C)CN1. The second kappa shape index (κ2) is 5.98. The van der Waals surface area contributed by atoms with Gasteiger partial charge in [0.1, 0.15) is 0 Å². The summed E-state index contributed by atoms with van der Waals surface area (Å²) in [6.07, 6.45) is 1.28. The molecule has 0 saturated carbocycles. The molecule has 0 amide bonds. The highest BCUT2D eigenvalue weighted by atomic mass is 32.1. The maximum absolute atomic E-state index is 3.67. The van der Waals surface area contributed by atoms with Crippen LogP contribution in [0.1, 0.15) is 32.8 Å². The van der Waals surface area contributed by atoms with Gasteiger partial charge in [-0.1, -0.05) is 13.8 Å². The Hall–Kier alpha value is -0.380. The van der Waals surface area contributed by atoms with Crippen molar-refractivity contribution in [2.45, 2.75) is 45.8 Å². The normalized spacial score (nSPS) is 26.6. The van der Waals surface area contributed by atoms with E-state index in [0.717, 1.165) is 19.0 Å². The molecule has 0 spiro atoms. The van der Waals surface area contributed by atoms with E-state index >= 15 is 0 Å². The van der Waals surface area contributed by atoms with Crippen LogP contribution in [0, 0.1) is 5.92 Å². The molecule has 1 saturated heterocycles. The van der Waals surface area contributed by atoms with Crippen molar-refractivity contribution in [1.82, 2.24) is 10.2 Å². The molecular weight excluding hydrogens is 228 g/mol. The molecule has 2 nitrogen and oxygen atoms in total. The van der Waals surface area contributed by atoms with Crippen LogP contribution in [0.4, 0.5) is 0 Å². The van der Waals surface area contributed by atoms with Crippen molar-refractivity contribution in [1.29, 1.82) is 0 Å². The first-order valence-electron chi connectivity index (χ1n) is 6.63. The lowest BCUT2D eigenvalue weighted by Gasteiger charge is -2.39. The summed E-state index contributed by atoms with van der Waals surface area (Å²) < 4.78 is 0. The first kappa shape index (κ1) is 13.1. The second-order valence-corrected chi connectivity index (χ2v) is 6.42. The summed E-state index contributed by atoms with van der Waals surface area (Å²) in [6.45, 7) is 10.4. The summed E-state index contributed by atoms with van der Waals surface area (Å²) in [5.41, 5.74) is 1.46. The molecule has 17 heavy (non-hydrogen) atoms. The molecule has 0 radical (unpaired) electrons. The zero-order chi connectivity index (χ0) is 12.3. The number of piperazine rings is 1. The van der Waals surface area contributed by atoms with Gasteiger partial charge in [0, 0.05) is 31.7 Å². The summed E-state index contributed by atoms with van der Waals surface area (Å²) in [5.74, 6) is 0.781. The van der Waals surface area contributed by atoms with Crippen molar-refractivity contribution in [3.05, 3.63) is 22.4 Å². The van der Waals surface area contributed by atoms with E-state index in [1.165, 1.54) is 18.5 Å². The van der Waals surface area contributed by atoms with E-state index in [-0.39, 0.29) is 0 Å². The average Bonchev–Trinajstić information content (AvgIpc) is 2.75. The first-order chi connectivity index (χ1) is 8.15. The van der Waals surface area contributed by atoms with Crippen molar-refractivity contribution >= 4 is 11.3 Å². The largest absolute Gasteiger partial charge is 0.311 e. The van der Waals surface area contributed by atoms with Crippen molar-refractivity contribution in [3.63, 3.8) is 0 Å². The Balaban J connectivity index is 1.90. The van der Waals surface area contributed by atoms with Crippen molar-refractivity contribution in [2.24, 2.45) is 5.92 Å². The summed E-state index contributed by atoms with van der Waals surface area (Å²) in [5, 5.41) is 8.12. The molecule has 0 aliphatic carbocycles. The summed E-state index contributed by atoms with van der Waals surface area (Å²) in [6, 6.07) is 3.57. The molecule has 2 rings (SSSR count). The first-order valence-corrected chi connectivity index (χ1v) is 7.58. The van der Waals surface area contributed by atoms with E-state index in [1.807, 2.05) is 0 Å². The van der Waals surface area contributed by atoms with Gasteiger partial charge in [-0.2, -0.15) is 11.3 Å². The lowest BCUT2D eigenvalue weighted by atomic mass is 10.00. The highest BCUT2D eigenvalue weighted by Gasteiger charge is 2.25. The number of nitrogens with one attached hydrogen (secondary N) is 1. The van der Waals surface area contributed by atoms with Crippen LogP contribution in [0.25, 0.3) is 0 Å². The number of rotatable bonds is 4. The smallest absolute Gasteiger partial charge is 0.0246 e. The highest BCUT2D eigenvalue weighted by Crippen LogP contribution is 2.17. The fourth-order valence-corrected chi connectivity index (χ4v) is 3.22. The third-order valence-electron chi connectivity index (χ3n) is 3.50. The molecule has 96 valence electrons. The average molecular weight is 252 g/mol. The molecule has 2 unspecified atom stereocenters. The van der Waals surface area contributed by atoms with Crippen LogP contribution in [0.3, 0.4) is 0 Å². The monoisotopic (exact) mass is 252 g/mol. The van der Waals surface area contributed by atoms with Crippen molar-refractivity contribution < 1.29 is 0 Å². The zero-order valence-electron chi connectivity index (χ0n) is 11.1. The Labute approximate surface area is 109 Å².